The smallest absolute Gasteiger partial charge is 0.272 e. The molecule has 1 aromatic heterocycles. The molecule has 2 aromatic rings. The van der Waals surface area contributed by atoms with Crippen LogP contribution in [0.2, 0.25) is 0 Å². The average molecular weight is 325 g/mol. The number of hydrogen-bond donors (Lipinski definition) is 0. The lowest BCUT2D eigenvalue weighted by Crippen LogP contribution is -2.32. The van der Waals surface area contributed by atoms with Gasteiger partial charge in [-0.1, -0.05) is 30.3 Å². The van der Waals surface area contributed by atoms with Crippen molar-refractivity contribution in [3.63, 3.8) is 0 Å². The van der Waals surface area contributed by atoms with Crippen LogP contribution in [0.25, 0.3) is 0 Å². The van der Waals surface area contributed by atoms with E-state index in [9.17, 15) is 4.79 Å². The maximum absolute atomic E-state index is 12.6. The molecule has 1 heterocycles. The molecule has 0 atom stereocenters. The number of hydrogen-bond acceptors (Lipinski definition) is 3. The number of benzene rings is 1. The summed E-state index contributed by atoms with van der Waals surface area (Å²) in [5.41, 5.74) is 2.79. The summed E-state index contributed by atoms with van der Waals surface area (Å²) in [6.07, 6.45) is 1.73. The molecule has 0 unspecified atom stereocenters. The first-order valence-electron chi connectivity index (χ1n) is 8.62. The minimum absolute atomic E-state index is 0.00901. The van der Waals surface area contributed by atoms with Crippen LogP contribution in [0.4, 0.5) is 5.69 Å². The quantitative estimate of drug-likeness (QED) is 0.772. The van der Waals surface area contributed by atoms with Crippen LogP contribution in [0.5, 0.6) is 0 Å². The molecule has 0 N–H and O–H groups in total. The van der Waals surface area contributed by atoms with Gasteiger partial charge in [-0.3, -0.25) is 9.78 Å². The lowest BCUT2D eigenvalue weighted by molar-refractivity contribution is 0.0767. The Morgan fingerprint density at radius 1 is 1.08 bits per heavy atom. The van der Waals surface area contributed by atoms with Crippen LogP contribution in [-0.2, 0) is 6.54 Å². The molecule has 0 bridgehead atoms. The fraction of sp³-hybridized carbons (Fsp3) is 0.400. The van der Waals surface area contributed by atoms with Crippen LogP contribution in [0, 0.1) is 0 Å². The highest BCUT2D eigenvalue weighted by atomic mass is 16.2. The number of nitrogens with zero attached hydrogens (tertiary/aromatic N) is 3. The summed E-state index contributed by atoms with van der Waals surface area (Å²) < 4.78 is 0. The maximum Gasteiger partial charge on any atom is 0.272 e. The third-order valence-corrected chi connectivity index (χ3v) is 4.16. The standard InChI is InChI=1S/C20H27N3O/c1-5-22(6-2)20(24)19-14-18(12-13-21-19)23(16(3)4)15-17-10-8-7-9-11-17/h7-14,16H,5-6,15H2,1-4H3. The predicted octanol–water partition coefficient (Wildman–Crippen LogP) is 3.98. The summed E-state index contributed by atoms with van der Waals surface area (Å²) in [4.78, 5) is 20.9. The van der Waals surface area contributed by atoms with Gasteiger partial charge in [-0.25, -0.2) is 0 Å². The molecule has 2 rings (SSSR count). The Balaban J connectivity index is 2.28. The minimum Gasteiger partial charge on any atom is -0.365 e. The van der Waals surface area contributed by atoms with E-state index < -0.39 is 0 Å². The largest absolute Gasteiger partial charge is 0.365 e. The molecule has 1 amide bonds. The highest BCUT2D eigenvalue weighted by molar-refractivity contribution is 5.93. The number of aromatic nitrogens is 1. The number of carbonyl (C=O) groups is 1. The second kappa shape index (κ2) is 8.48. The molecule has 0 aliphatic rings. The Kier molecular flexibility index (Phi) is 6.36. The van der Waals surface area contributed by atoms with Gasteiger partial charge in [-0.05, 0) is 45.4 Å². The molecule has 0 aliphatic carbocycles. The topological polar surface area (TPSA) is 36.4 Å². The fourth-order valence-corrected chi connectivity index (χ4v) is 2.74. The Bertz CT molecular complexity index is 651. The summed E-state index contributed by atoms with van der Waals surface area (Å²) in [6, 6.07) is 14.6. The number of pyridine rings is 1. The molecule has 0 saturated carbocycles. The van der Waals surface area contributed by atoms with E-state index >= 15 is 0 Å². The zero-order chi connectivity index (χ0) is 17.5. The van der Waals surface area contributed by atoms with E-state index in [1.54, 1.807) is 11.1 Å². The SMILES string of the molecule is CCN(CC)C(=O)c1cc(N(Cc2ccccc2)C(C)C)ccn1. The Morgan fingerprint density at radius 2 is 1.75 bits per heavy atom. The molecule has 24 heavy (non-hydrogen) atoms. The van der Waals surface area contributed by atoms with Gasteiger partial charge in [0.05, 0.1) is 0 Å². The van der Waals surface area contributed by atoms with Crippen molar-refractivity contribution in [3.05, 3.63) is 59.9 Å². The van der Waals surface area contributed by atoms with Crippen molar-refractivity contribution in [2.24, 2.45) is 0 Å². The number of carbonyl (C=O) groups excluding carboxylic acids is 1. The second-order valence-corrected chi connectivity index (χ2v) is 6.08. The van der Waals surface area contributed by atoms with E-state index in [-0.39, 0.29) is 5.91 Å². The van der Waals surface area contributed by atoms with E-state index in [1.165, 1.54) is 5.56 Å². The van der Waals surface area contributed by atoms with Crippen molar-refractivity contribution < 1.29 is 4.79 Å². The molecule has 4 heteroatoms. The van der Waals surface area contributed by atoms with Crippen molar-refractivity contribution in [3.8, 4) is 0 Å². The van der Waals surface area contributed by atoms with Crippen molar-refractivity contribution in [1.29, 1.82) is 0 Å². The number of amides is 1. The number of anilines is 1. The van der Waals surface area contributed by atoms with Crippen LogP contribution in [0.3, 0.4) is 0 Å². The van der Waals surface area contributed by atoms with Crippen LogP contribution < -0.4 is 4.90 Å². The van der Waals surface area contributed by atoms with Crippen molar-refractivity contribution >= 4 is 11.6 Å². The van der Waals surface area contributed by atoms with E-state index in [0.717, 1.165) is 12.2 Å². The van der Waals surface area contributed by atoms with E-state index in [2.05, 4.69) is 48.0 Å². The van der Waals surface area contributed by atoms with Gasteiger partial charge in [0.15, 0.2) is 0 Å². The third kappa shape index (κ3) is 4.34. The Labute approximate surface area is 145 Å². The van der Waals surface area contributed by atoms with Gasteiger partial charge >= 0.3 is 0 Å². The first kappa shape index (κ1) is 18.0. The van der Waals surface area contributed by atoms with Crippen molar-refractivity contribution in [1.82, 2.24) is 9.88 Å². The molecule has 128 valence electrons. The summed E-state index contributed by atoms with van der Waals surface area (Å²) in [5.74, 6) is -0.00901. The second-order valence-electron chi connectivity index (χ2n) is 6.08. The molecule has 0 saturated heterocycles. The van der Waals surface area contributed by atoms with E-state index in [0.29, 0.717) is 24.8 Å². The summed E-state index contributed by atoms with van der Waals surface area (Å²) in [6.45, 7) is 10.5. The molecule has 0 radical (unpaired) electrons. The Hall–Kier alpha value is -2.36. The van der Waals surface area contributed by atoms with Gasteiger partial charge in [0, 0.05) is 37.6 Å². The lowest BCUT2D eigenvalue weighted by atomic mass is 10.1. The first-order chi connectivity index (χ1) is 11.6. The van der Waals surface area contributed by atoms with Crippen LogP contribution in [0.1, 0.15) is 43.7 Å². The van der Waals surface area contributed by atoms with E-state index in [1.807, 2.05) is 32.0 Å². The molecule has 0 spiro atoms. The summed E-state index contributed by atoms with van der Waals surface area (Å²) in [7, 11) is 0. The van der Waals surface area contributed by atoms with Gasteiger partial charge in [0.2, 0.25) is 0 Å². The molecule has 4 nitrogen and oxygen atoms in total. The van der Waals surface area contributed by atoms with Gasteiger partial charge in [-0.2, -0.15) is 0 Å². The lowest BCUT2D eigenvalue weighted by Gasteiger charge is -2.29. The van der Waals surface area contributed by atoms with Gasteiger partial charge in [0.1, 0.15) is 5.69 Å². The molecule has 1 aromatic carbocycles. The first-order valence-corrected chi connectivity index (χ1v) is 8.62. The molecule has 0 aliphatic heterocycles. The number of rotatable bonds is 7. The highest BCUT2D eigenvalue weighted by Crippen LogP contribution is 2.21. The van der Waals surface area contributed by atoms with Gasteiger partial charge in [0.25, 0.3) is 5.91 Å². The average Bonchev–Trinajstić information content (AvgIpc) is 2.61. The minimum atomic E-state index is -0.00901. The zero-order valence-corrected chi connectivity index (χ0v) is 15.1. The van der Waals surface area contributed by atoms with Gasteiger partial charge < -0.3 is 9.80 Å². The zero-order valence-electron chi connectivity index (χ0n) is 15.1. The van der Waals surface area contributed by atoms with Gasteiger partial charge in [-0.15, -0.1) is 0 Å². The summed E-state index contributed by atoms with van der Waals surface area (Å²) >= 11 is 0. The maximum atomic E-state index is 12.6. The predicted molar refractivity (Wildman–Crippen MR) is 99.2 cm³/mol. The monoisotopic (exact) mass is 325 g/mol. The highest BCUT2D eigenvalue weighted by Gasteiger charge is 2.17. The van der Waals surface area contributed by atoms with Crippen LogP contribution in [0.15, 0.2) is 48.7 Å². The molecule has 0 fully saturated rings. The molecular formula is C20H27N3O. The molecular weight excluding hydrogens is 298 g/mol. The third-order valence-electron chi connectivity index (χ3n) is 4.16. The normalized spacial score (nSPS) is 10.7. The van der Waals surface area contributed by atoms with Crippen molar-refractivity contribution in [2.75, 3.05) is 18.0 Å². The van der Waals surface area contributed by atoms with Crippen molar-refractivity contribution in [2.45, 2.75) is 40.3 Å². The van der Waals surface area contributed by atoms with E-state index in [4.69, 9.17) is 0 Å². The van der Waals surface area contributed by atoms with Crippen LogP contribution >= 0.6 is 0 Å². The fourth-order valence-electron chi connectivity index (χ4n) is 2.74. The Morgan fingerprint density at radius 3 is 2.33 bits per heavy atom. The summed E-state index contributed by atoms with van der Waals surface area (Å²) in [5, 5.41) is 0. The van der Waals surface area contributed by atoms with Crippen LogP contribution in [-0.4, -0.2) is 34.9 Å².